The highest BCUT2D eigenvalue weighted by atomic mass is 16.5. The van der Waals surface area contributed by atoms with Crippen molar-refractivity contribution in [3.63, 3.8) is 0 Å². The number of amidine groups is 1. The average molecular weight is 227 g/mol. The molecule has 1 heterocycles. The van der Waals surface area contributed by atoms with Crippen LogP contribution in [0.15, 0.2) is 0 Å². The monoisotopic (exact) mass is 227 g/mol. The van der Waals surface area contributed by atoms with Gasteiger partial charge in [-0.2, -0.15) is 0 Å². The zero-order chi connectivity index (χ0) is 12.2. The normalized spacial score (nSPS) is 23.3. The molecule has 0 radical (unpaired) electrons. The molecule has 1 fully saturated rings. The maximum absolute atomic E-state index is 7.50. The smallest absolute Gasteiger partial charge is 0.0963 e. The van der Waals surface area contributed by atoms with Crippen LogP contribution in [0, 0.1) is 10.8 Å². The Balaban J connectivity index is 2.22. The van der Waals surface area contributed by atoms with E-state index in [1.807, 2.05) is 13.8 Å². The van der Waals surface area contributed by atoms with Crippen molar-refractivity contribution in [2.75, 3.05) is 26.2 Å². The van der Waals surface area contributed by atoms with E-state index in [-0.39, 0.29) is 5.41 Å². The molecule has 0 saturated carbocycles. The van der Waals surface area contributed by atoms with Crippen LogP contribution in [0.3, 0.4) is 0 Å². The van der Waals surface area contributed by atoms with Crippen molar-refractivity contribution in [2.45, 2.75) is 39.7 Å². The third-order valence-electron chi connectivity index (χ3n) is 3.33. The minimum atomic E-state index is -0.155. The van der Waals surface area contributed by atoms with Gasteiger partial charge in [-0.25, -0.2) is 0 Å². The molecule has 0 amide bonds. The quantitative estimate of drug-likeness (QED) is 0.552. The second kappa shape index (κ2) is 5.64. The summed E-state index contributed by atoms with van der Waals surface area (Å²) in [4.78, 5) is 2.43. The van der Waals surface area contributed by atoms with Crippen molar-refractivity contribution in [1.29, 1.82) is 5.41 Å². The molecule has 0 spiro atoms. The summed E-state index contributed by atoms with van der Waals surface area (Å²) in [6.45, 7) is 10.2. The summed E-state index contributed by atoms with van der Waals surface area (Å²) in [6, 6.07) is 0. The third-order valence-corrected chi connectivity index (χ3v) is 3.33. The van der Waals surface area contributed by atoms with Crippen LogP contribution in [0.4, 0.5) is 0 Å². The highest BCUT2D eigenvalue weighted by Gasteiger charge is 2.22. The fourth-order valence-corrected chi connectivity index (χ4v) is 1.97. The van der Waals surface area contributed by atoms with E-state index in [1.54, 1.807) is 0 Å². The zero-order valence-corrected chi connectivity index (χ0v) is 10.8. The SMILES string of the molecule is CC1CN(CCCC(C)(C)C(=N)N)CCO1. The van der Waals surface area contributed by atoms with E-state index in [0.717, 1.165) is 39.1 Å². The summed E-state index contributed by atoms with van der Waals surface area (Å²) in [7, 11) is 0. The summed E-state index contributed by atoms with van der Waals surface area (Å²) in [5, 5.41) is 7.50. The third kappa shape index (κ3) is 4.10. The Morgan fingerprint density at radius 2 is 2.25 bits per heavy atom. The molecule has 4 heteroatoms. The Bertz CT molecular complexity index is 240. The highest BCUT2D eigenvalue weighted by Crippen LogP contribution is 2.22. The van der Waals surface area contributed by atoms with E-state index in [2.05, 4.69) is 11.8 Å². The lowest BCUT2D eigenvalue weighted by molar-refractivity contribution is -0.0189. The Morgan fingerprint density at radius 1 is 1.56 bits per heavy atom. The predicted molar refractivity (Wildman–Crippen MR) is 66.8 cm³/mol. The molecule has 1 atom stereocenters. The first-order chi connectivity index (χ1) is 7.42. The molecule has 0 aromatic carbocycles. The molecule has 1 saturated heterocycles. The lowest BCUT2D eigenvalue weighted by atomic mass is 9.86. The van der Waals surface area contributed by atoms with Gasteiger partial charge in [0.2, 0.25) is 0 Å². The van der Waals surface area contributed by atoms with Crippen LogP contribution in [0.25, 0.3) is 0 Å². The van der Waals surface area contributed by atoms with Crippen molar-refractivity contribution in [1.82, 2.24) is 4.90 Å². The largest absolute Gasteiger partial charge is 0.387 e. The van der Waals surface area contributed by atoms with Gasteiger partial charge >= 0.3 is 0 Å². The van der Waals surface area contributed by atoms with E-state index >= 15 is 0 Å². The van der Waals surface area contributed by atoms with Gasteiger partial charge in [0.25, 0.3) is 0 Å². The maximum atomic E-state index is 7.50. The number of hydrogen-bond acceptors (Lipinski definition) is 3. The molecule has 1 aliphatic heterocycles. The summed E-state index contributed by atoms with van der Waals surface area (Å²) < 4.78 is 5.50. The second-order valence-electron chi connectivity index (χ2n) is 5.38. The number of morpholine rings is 1. The number of rotatable bonds is 5. The van der Waals surface area contributed by atoms with Crippen molar-refractivity contribution >= 4 is 5.84 Å². The minimum absolute atomic E-state index is 0.155. The molecule has 3 N–H and O–H groups in total. The lowest BCUT2D eigenvalue weighted by Crippen LogP contribution is -2.42. The fraction of sp³-hybridized carbons (Fsp3) is 0.917. The van der Waals surface area contributed by atoms with Gasteiger partial charge in [-0.05, 0) is 26.3 Å². The van der Waals surface area contributed by atoms with E-state index < -0.39 is 0 Å². The first kappa shape index (κ1) is 13.5. The topological polar surface area (TPSA) is 62.3 Å². The molecular weight excluding hydrogens is 202 g/mol. The molecule has 16 heavy (non-hydrogen) atoms. The van der Waals surface area contributed by atoms with Gasteiger partial charge in [0.15, 0.2) is 0 Å². The minimum Gasteiger partial charge on any atom is -0.387 e. The van der Waals surface area contributed by atoms with Crippen molar-refractivity contribution in [3.8, 4) is 0 Å². The predicted octanol–water partition coefficient (Wildman–Crippen LogP) is 1.45. The van der Waals surface area contributed by atoms with Crippen molar-refractivity contribution in [2.24, 2.45) is 11.1 Å². The summed E-state index contributed by atoms with van der Waals surface area (Å²) >= 11 is 0. The van der Waals surface area contributed by atoms with Crippen LogP contribution < -0.4 is 5.73 Å². The van der Waals surface area contributed by atoms with Crippen LogP contribution in [-0.2, 0) is 4.74 Å². The van der Waals surface area contributed by atoms with E-state index in [9.17, 15) is 0 Å². The summed E-state index contributed by atoms with van der Waals surface area (Å²) in [5.41, 5.74) is 5.41. The molecule has 1 unspecified atom stereocenters. The Morgan fingerprint density at radius 3 is 2.81 bits per heavy atom. The molecular formula is C12H25N3O. The number of hydrogen-bond donors (Lipinski definition) is 2. The highest BCUT2D eigenvalue weighted by molar-refractivity contribution is 5.82. The average Bonchev–Trinajstić information content (AvgIpc) is 2.17. The van der Waals surface area contributed by atoms with Gasteiger partial charge in [0, 0.05) is 18.5 Å². The Hall–Kier alpha value is -0.610. The Labute approximate surface area is 98.6 Å². The molecule has 1 aliphatic rings. The Kier molecular flexibility index (Phi) is 4.74. The maximum Gasteiger partial charge on any atom is 0.0963 e. The first-order valence-electron chi connectivity index (χ1n) is 6.10. The van der Waals surface area contributed by atoms with Gasteiger partial charge in [-0.15, -0.1) is 0 Å². The van der Waals surface area contributed by atoms with Gasteiger partial charge < -0.3 is 10.5 Å². The number of nitrogens with zero attached hydrogens (tertiary/aromatic N) is 1. The zero-order valence-electron chi connectivity index (χ0n) is 10.8. The second-order valence-corrected chi connectivity index (χ2v) is 5.38. The summed E-state index contributed by atoms with van der Waals surface area (Å²) in [5.74, 6) is 0.294. The molecule has 0 aliphatic carbocycles. The van der Waals surface area contributed by atoms with Crippen LogP contribution in [0.1, 0.15) is 33.6 Å². The molecule has 0 aromatic heterocycles. The number of nitrogens with one attached hydrogen (secondary N) is 1. The van der Waals surface area contributed by atoms with Crippen LogP contribution in [0.5, 0.6) is 0 Å². The molecule has 1 rings (SSSR count). The fourth-order valence-electron chi connectivity index (χ4n) is 1.97. The molecule has 94 valence electrons. The van der Waals surface area contributed by atoms with Gasteiger partial charge in [-0.1, -0.05) is 13.8 Å². The van der Waals surface area contributed by atoms with Crippen LogP contribution in [-0.4, -0.2) is 43.1 Å². The van der Waals surface area contributed by atoms with Gasteiger partial charge in [0.05, 0.1) is 18.5 Å². The van der Waals surface area contributed by atoms with E-state index in [4.69, 9.17) is 15.9 Å². The molecule has 0 bridgehead atoms. The van der Waals surface area contributed by atoms with E-state index in [0.29, 0.717) is 11.9 Å². The number of ether oxygens (including phenoxy) is 1. The lowest BCUT2D eigenvalue weighted by Gasteiger charge is -2.32. The van der Waals surface area contributed by atoms with Gasteiger partial charge in [0.1, 0.15) is 0 Å². The van der Waals surface area contributed by atoms with Crippen LogP contribution >= 0.6 is 0 Å². The standard InChI is InChI=1S/C12H25N3O/c1-10-9-15(7-8-16-10)6-4-5-12(2,3)11(13)14/h10H,4-9H2,1-3H3,(H3,13,14). The number of nitrogens with two attached hydrogens (primary N) is 1. The van der Waals surface area contributed by atoms with Crippen molar-refractivity contribution in [3.05, 3.63) is 0 Å². The molecule has 4 nitrogen and oxygen atoms in total. The summed E-state index contributed by atoms with van der Waals surface area (Å²) in [6.07, 6.45) is 2.43. The molecule has 0 aromatic rings. The van der Waals surface area contributed by atoms with E-state index in [1.165, 1.54) is 0 Å². The van der Waals surface area contributed by atoms with Crippen LogP contribution in [0.2, 0.25) is 0 Å². The van der Waals surface area contributed by atoms with Crippen molar-refractivity contribution < 1.29 is 4.74 Å². The first-order valence-corrected chi connectivity index (χ1v) is 6.10. The van der Waals surface area contributed by atoms with Gasteiger partial charge in [-0.3, -0.25) is 10.3 Å².